The van der Waals surface area contributed by atoms with Crippen molar-refractivity contribution in [2.24, 2.45) is 7.05 Å². The van der Waals surface area contributed by atoms with Gasteiger partial charge in [0.2, 0.25) is 0 Å². The number of halogens is 2. The van der Waals surface area contributed by atoms with Crippen molar-refractivity contribution in [1.29, 1.82) is 0 Å². The van der Waals surface area contributed by atoms with E-state index in [1.807, 2.05) is 44.3 Å². The molecule has 0 saturated heterocycles. The van der Waals surface area contributed by atoms with E-state index in [0.29, 0.717) is 17.3 Å². The summed E-state index contributed by atoms with van der Waals surface area (Å²) in [6, 6.07) is 16.0. The van der Waals surface area contributed by atoms with Crippen LogP contribution in [0.3, 0.4) is 0 Å². The van der Waals surface area contributed by atoms with E-state index >= 15 is 0 Å². The second-order valence-corrected chi connectivity index (χ2v) is 5.80. The van der Waals surface area contributed by atoms with Crippen LogP contribution >= 0.6 is 12.4 Å². The lowest BCUT2D eigenvalue weighted by atomic mass is 10.2. The van der Waals surface area contributed by atoms with Gasteiger partial charge in [-0.1, -0.05) is 36.4 Å². The molecule has 7 heteroatoms. The SMILES string of the molecule is Cc1nn(C)c2c(Nc3cccc(F)c3)nc(-c3ccccc3)nc12.Cl. The lowest BCUT2D eigenvalue weighted by Crippen LogP contribution is -2.02. The number of benzene rings is 2. The van der Waals surface area contributed by atoms with Gasteiger partial charge in [0.1, 0.15) is 16.9 Å². The number of aromatic nitrogens is 4. The van der Waals surface area contributed by atoms with E-state index in [0.717, 1.165) is 22.3 Å². The summed E-state index contributed by atoms with van der Waals surface area (Å²) in [5.41, 5.74) is 3.91. The summed E-state index contributed by atoms with van der Waals surface area (Å²) in [6.45, 7) is 1.91. The first-order valence-corrected chi connectivity index (χ1v) is 7.91. The van der Waals surface area contributed by atoms with Gasteiger partial charge >= 0.3 is 0 Å². The highest BCUT2D eigenvalue weighted by Gasteiger charge is 2.16. The minimum Gasteiger partial charge on any atom is -0.338 e. The van der Waals surface area contributed by atoms with Crippen LogP contribution in [0.2, 0.25) is 0 Å². The molecule has 132 valence electrons. The molecule has 5 nitrogen and oxygen atoms in total. The Bertz CT molecular complexity index is 1060. The highest BCUT2D eigenvalue weighted by molar-refractivity contribution is 5.91. The minimum atomic E-state index is -0.306. The van der Waals surface area contributed by atoms with Crippen LogP contribution in [0.5, 0.6) is 0 Å². The molecule has 0 saturated carbocycles. The van der Waals surface area contributed by atoms with E-state index in [1.54, 1.807) is 16.8 Å². The highest BCUT2D eigenvalue weighted by Crippen LogP contribution is 2.28. The summed E-state index contributed by atoms with van der Waals surface area (Å²) in [6.07, 6.45) is 0. The predicted octanol–water partition coefficient (Wildman–Crippen LogP) is 4.64. The Labute approximate surface area is 156 Å². The van der Waals surface area contributed by atoms with Crippen molar-refractivity contribution < 1.29 is 4.39 Å². The highest BCUT2D eigenvalue weighted by atomic mass is 35.5. The molecule has 0 unspecified atom stereocenters. The van der Waals surface area contributed by atoms with Gasteiger partial charge in [-0.05, 0) is 25.1 Å². The average molecular weight is 370 g/mol. The third kappa shape index (κ3) is 3.23. The number of fused-ring (bicyclic) bond motifs is 1. The summed E-state index contributed by atoms with van der Waals surface area (Å²) < 4.78 is 15.3. The summed E-state index contributed by atoms with van der Waals surface area (Å²) >= 11 is 0. The Morgan fingerprint density at radius 3 is 2.50 bits per heavy atom. The van der Waals surface area contributed by atoms with Crippen LogP contribution in [0, 0.1) is 12.7 Å². The fourth-order valence-corrected chi connectivity index (χ4v) is 2.84. The van der Waals surface area contributed by atoms with E-state index < -0.39 is 0 Å². The van der Waals surface area contributed by atoms with Gasteiger partial charge in [-0.2, -0.15) is 5.10 Å². The van der Waals surface area contributed by atoms with Gasteiger partial charge in [-0.25, -0.2) is 14.4 Å². The fraction of sp³-hybridized carbons (Fsp3) is 0.105. The van der Waals surface area contributed by atoms with E-state index in [-0.39, 0.29) is 18.2 Å². The molecular formula is C19H17ClFN5. The smallest absolute Gasteiger partial charge is 0.162 e. The number of rotatable bonds is 3. The van der Waals surface area contributed by atoms with E-state index in [4.69, 9.17) is 0 Å². The zero-order chi connectivity index (χ0) is 17.4. The lowest BCUT2D eigenvalue weighted by Gasteiger charge is -2.10. The molecule has 0 bridgehead atoms. The van der Waals surface area contributed by atoms with Crippen molar-refractivity contribution >= 4 is 34.9 Å². The third-order valence-corrected chi connectivity index (χ3v) is 3.97. The Morgan fingerprint density at radius 2 is 1.77 bits per heavy atom. The van der Waals surface area contributed by atoms with Gasteiger partial charge in [0, 0.05) is 18.3 Å². The molecule has 0 radical (unpaired) electrons. The van der Waals surface area contributed by atoms with Crippen LogP contribution in [0.15, 0.2) is 54.6 Å². The van der Waals surface area contributed by atoms with Crippen molar-refractivity contribution in [3.05, 3.63) is 66.1 Å². The Kier molecular flexibility index (Phi) is 4.86. The van der Waals surface area contributed by atoms with Crippen molar-refractivity contribution in [3.8, 4) is 11.4 Å². The second kappa shape index (κ2) is 7.09. The summed E-state index contributed by atoms with van der Waals surface area (Å²) in [5.74, 6) is 0.889. The molecule has 0 fully saturated rings. The van der Waals surface area contributed by atoms with Gasteiger partial charge in [-0.3, -0.25) is 4.68 Å². The zero-order valence-corrected chi connectivity index (χ0v) is 15.1. The Morgan fingerprint density at radius 1 is 1.00 bits per heavy atom. The van der Waals surface area contributed by atoms with Crippen LogP contribution < -0.4 is 5.32 Å². The molecule has 0 aliphatic carbocycles. The molecule has 4 aromatic rings. The first-order valence-electron chi connectivity index (χ1n) is 7.91. The van der Waals surface area contributed by atoms with Crippen LogP contribution in [0.4, 0.5) is 15.9 Å². The maximum absolute atomic E-state index is 13.5. The molecule has 0 atom stereocenters. The quantitative estimate of drug-likeness (QED) is 0.571. The number of hydrogen-bond acceptors (Lipinski definition) is 4. The van der Waals surface area contributed by atoms with Crippen molar-refractivity contribution in [2.45, 2.75) is 6.92 Å². The largest absolute Gasteiger partial charge is 0.338 e. The van der Waals surface area contributed by atoms with Crippen LogP contribution in [-0.4, -0.2) is 19.7 Å². The van der Waals surface area contributed by atoms with Crippen molar-refractivity contribution in [2.75, 3.05) is 5.32 Å². The van der Waals surface area contributed by atoms with Gasteiger partial charge in [0.05, 0.1) is 5.69 Å². The van der Waals surface area contributed by atoms with Crippen molar-refractivity contribution in [1.82, 2.24) is 19.7 Å². The summed E-state index contributed by atoms with van der Waals surface area (Å²) in [4.78, 5) is 9.34. The van der Waals surface area contributed by atoms with Crippen molar-refractivity contribution in [3.63, 3.8) is 0 Å². The molecular weight excluding hydrogens is 353 g/mol. The van der Waals surface area contributed by atoms with Crippen LogP contribution in [-0.2, 0) is 7.05 Å². The number of anilines is 2. The molecule has 0 amide bonds. The summed E-state index contributed by atoms with van der Waals surface area (Å²) in [7, 11) is 1.84. The van der Waals surface area contributed by atoms with Crippen LogP contribution in [0.25, 0.3) is 22.4 Å². The molecule has 0 aliphatic heterocycles. The van der Waals surface area contributed by atoms with Gasteiger partial charge in [0.15, 0.2) is 11.6 Å². The molecule has 0 spiro atoms. The van der Waals surface area contributed by atoms with E-state index in [2.05, 4.69) is 20.4 Å². The monoisotopic (exact) mass is 369 g/mol. The maximum atomic E-state index is 13.5. The van der Waals surface area contributed by atoms with E-state index in [1.165, 1.54) is 12.1 Å². The Balaban J connectivity index is 0.00000196. The number of hydrogen-bond donors (Lipinski definition) is 1. The first-order chi connectivity index (χ1) is 12.1. The molecule has 0 aliphatic rings. The number of aryl methyl sites for hydroxylation is 2. The topological polar surface area (TPSA) is 55.6 Å². The molecule has 1 N–H and O–H groups in total. The molecule has 4 rings (SSSR count). The zero-order valence-electron chi connectivity index (χ0n) is 14.3. The number of nitrogens with one attached hydrogen (secondary N) is 1. The van der Waals surface area contributed by atoms with Gasteiger partial charge < -0.3 is 5.32 Å². The van der Waals surface area contributed by atoms with Crippen LogP contribution in [0.1, 0.15) is 5.69 Å². The van der Waals surface area contributed by atoms with Gasteiger partial charge in [0.25, 0.3) is 0 Å². The Hall–Kier alpha value is -2.99. The second-order valence-electron chi connectivity index (χ2n) is 5.80. The lowest BCUT2D eigenvalue weighted by molar-refractivity contribution is 0.628. The normalized spacial score (nSPS) is 10.6. The maximum Gasteiger partial charge on any atom is 0.162 e. The standard InChI is InChI=1S/C19H16FN5.ClH/c1-12-16-17(25(2)24-12)19(21-15-10-6-9-14(20)11-15)23-18(22-16)13-7-4-3-5-8-13;/h3-11H,1-2H3,(H,21,22,23);1H. The molecule has 2 heterocycles. The minimum absolute atomic E-state index is 0. The molecule has 26 heavy (non-hydrogen) atoms. The number of nitrogens with zero attached hydrogens (tertiary/aromatic N) is 4. The summed E-state index contributed by atoms with van der Waals surface area (Å²) in [5, 5.41) is 7.65. The third-order valence-electron chi connectivity index (χ3n) is 3.97. The fourth-order valence-electron chi connectivity index (χ4n) is 2.84. The predicted molar refractivity (Wildman–Crippen MR) is 103 cm³/mol. The first kappa shape index (κ1) is 17.8. The molecule has 2 aromatic carbocycles. The molecule has 2 aromatic heterocycles. The van der Waals surface area contributed by atoms with E-state index in [9.17, 15) is 4.39 Å². The van der Waals surface area contributed by atoms with Gasteiger partial charge in [-0.15, -0.1) is 12.4 Å². The average Bonchev–Trinajstić information content (AvgIpc) is 2.90.